The quantitative estimate of drug-likeness (QED) is 0.812. The van der Waals surface area contributed by atoms with Crippen molar-refractivity contribution in [1.29, 1.82) is 0 Å². The molecule has 0 radical (unpaired) electrons. The summed E-state index contributed by atoms with van der Waals surface area (Å²) in [5, 5.41) is 2.57. The van der Waals surface area contributed by atoms with Gasteiger partial charge in [-0.3, -0.25) is 9.59 Å². The molecule has 5 heteroatoms. The number of rotatable bonds is 6. The second kappa shape index (κ2) is 7.79. The Hall–Kier alpha value is -1.55. The highest BCUT2D eigenvalue weighted by Crippen LogP contribution is 2.08. The lowest BCUT2D eigenvalue weighted by molar-refractivity contribution is -0.130. The molecular formula is C14H19ClN2O2. The van der Waals surface area contributed by atoms with E-state index in [1.807, 2.05) is 12.1 Å². The van der Waals surface area contributed by atoms with Crippen molar-refractivity contribution >= 4 is 23.4 Å². The van der Waals surface area contributed by atoms with Gasteiger partial charge in [0.25, 0.3) is 5.91 Å². The lowest BCUT2D eigenvalue weighted by Crippen LogP contribution is -2.26. The number of nitrogens with one attached hydrogen (secondary N) is 1. The van der Waals surface area contributed by atoms with Crippen LogP contribution in [0.3, 0.4) is 0 Å². The smallest absolute Gasteiger partial charge is 0.251 e. The van der Waals surface area contributed by atoms with Crippen LogP contribution in [0.4, 0.5) is 0 Å². The van der Waals surface area contributed by atoms with E-state index >= 15 is 0 Å². The fourth-order valence-corrected chi connectivity index (χ4v) is 1.81. The van der Waals surface area contributed by atoms with Crippen molar-refractivity contribution in [2.24, 2.45) is 0 Å². The molecule has 1 aromatic carbocycles. The summed E-state index contributed by atoms with van der Waals surface area (Å²) in [7, 11) is 3.36. The standard InChI is InChI=1S/C14H19ClN2O2/c1-16-14(19)12-7-5-11(6-8-12)10-17(2)13(18)4-3-9-15/h5-8H,3-4,9-10H2,1-2H3,(H,16,19). The molecule has 1 aromatic rings. The molecule has 19 heavy (non-hydrogen) atoms. The Morgan fingerprint density at radius 2 is 1.89 bits per heavy atom. The summed E-state index contributed by atoms with van der Waals surface area (Å²) in [6.45, 7) is 0.537. The Kier molecular flexibility index (Phi) is 6.36. The fourth-order valence-electron chi connectivity index (χ4n) is 1.68. The number of nitrogens with zero attached hydrogens (tertiary/aromatic N) is 1. The minimum Gasteiger partial charge on any atom is -0.355 e. The molecule has 0 aromatic heterocycles. The van der Waals surface area contributed by atoms with E-state index in [0.717, 1.165) is 5.56 Å². The zero-order valence-electron chi connectivity index (χ0n) is 11.3. The predicted octanol–water partition coefficient (Wildman–Crippen LogP) is 2.02. The van der Waals surface area contributed by atoms with Gasteiger partial charge in [0.1, 0.15) is 0 Å². The first-order chi connectivity index (χ1) is 9.08. The van der Waals surface area contributed by atoms with Gasteiger partial charge in [-0.15, -0.1) is 11.6 Å². The van der Waals surface area contributed by atoms with E-state index in [-0.39, 0.29) is 11.8 Å². The van der Waals surface area contributed by atoms with Gasteiger partial charge in [-0.05, 0) is 24.1 Å². The number of amides is 2. The Bertz CT molecular complexity index is 432. The van der Waals surface area contributed by atoms with Crippen molar-refractivity contribution < 1.29 is 9.59 Å². The van der Waals surface area contributed by atoms with E-state index < -0.39 is 0 Å². The molecule has 0 fully saturated rings. The lowest BCUT2D eigenvalue weighted by atomic mass is 10.1. The maximum absolute atomic E-state index is 11.7. The van der Waals surface area contributed by atoms with E-state index in [9.17, 15) is 9.59 Å². The summed E-state index contributed by atoms with van der Waals surface area (Å²) < 4.78 is 0. The topological polar surface area (TPSA) is 49.4 Å². The summed E-state index contributed by atoms with van der Waals surface area (Å²) in [6, 6.07) is 7.22. The van der Waals surface area contributed by atoms with Crippen molar-refractivity contribution in [1.82, 2.24) is 10.2 Å². The number of carbonyl (C=O) groups is 2. The van der Waals surface area contributed by atoms with Crippen LogP contribution in [0.5, 0.6) is 0 Å². The third-order valence-corrected chi connectivity index (χ3v) is 3.08. The van der Waals surface area contributed by atoms with Crippen molar-refractivity contribution in [2.75, 3.05) is 20.0 Å². The van der Waals surface area contributed by atoms with Gasteiger partial charge in [-0.25, -0.2) is 0 Å². The molecule has 2 amide bonds. The maximum Gasteiger partial charge on any atom is 0.251 e. The molecule has 0 spiro atoms. The SMILES string of the molecule is CNC(=O)c1ccc(CN(C)C(=O)CCCCl)cc1. The second-order valence-electron chi connectivity index (χ2n) is 4.32. The first kappa shape index (κ1) is 15.5. The van der Waals surface area contributed by atoms with Gasteiger partial charge in [0.15, 0.2) is 0 Å². The number of hydrogen-bond donors (Lipinski definition) is 1. The Labute approximate surface area is 118 Å². The zero-order chi connectivity index (χ0) is 14.3. The van der Waals surface area contributed by atoms with Gasteiger partial charge < -0.3 is 10.2 Å². The minimum atomic E-state index is -0.113. The monoisotopic (exact) mass is 282 g/mol. The second-order valence-corrected chi connectivity index (χ2v) is 4.70. The number of halogens is 1. The largest absolute Gasteiger partial charge is 0.355 e. The van der Waals surface area contributed by atoms with Gasteiger partial charge in [0.05, 0.1) is 0 Å². The average Bonchev–Trinajstić information content (AvgIpc) is 2.44. The van der Waals surface area contributed by atoms with Crippen LogP contribution in [0.1, 0.15) is 28.8 Å². The van der Waals surface area contributed by atoms with Crippen LogP contribution in [0, 0.1) is 0 Å². The molecule has 0 aliphatic heterocycles. The maximum atomic E-state index is 11.7. The summed E-state index contributed by atoms with van der Waals surface area (Å²) in [5.41, 5.74) is 1.61. The molecule has 104 valence electrons. The molecule has 4 nitrogen and oxygen atoms in total. The fraction of sp³-hybridized carbons (Fsp3) is 0.429. The molecule has 0 bridgehead atoms. The third kappa shape index (κ3) is 4.91. The van der Waals surface area contributed by atoms with E-state index in [0.29, 0.717) is 30.8 Å². The lowest BCUT2D eigenvalue weighted by Gasteiger charge is -2.17. The summed E-state index contributed by atoms with van der Waals surface area (Å²) in [5.74, 6) is 0.467. The minimum absolute atomic E-state index is 0.0797. The third-order valence-electron chi connectivity index (χ3n) is 2.81. The van der Waals surface area contributed by atoms with Gasteiger partial charge >= 0.3 is 0 Å². The van der Waals surface area contributed by atoms with Crippen LogP contribution >= 0.6 is 11.6 Å². The number of carbonyl (C=O) groups excluding carboxylic acids is 2. The van der Waals surface area contributed by atoms with Crippen molar-refractivity contribution in [3.63, 3.8) is 0 Å². The van der Waals surface area contributed by atoms with Crippen molar-refractivity contribution in [2.45, 2.75) is 19.4 Å². The average molecular weight is 283 g/mol. The van der Waals surface area contributed by atoms with Gasteiger partial charge in [-0.2, -0.15) is 0 Å². The van der Waals surface area contributed by atoms with Crippen LogP contribution in [-0.4, -0.2) is 36.7 Å². The Morgan fingerprint density at radius 1 is 1.26 bits per heavy atom. The summed E-state index contributed by atoms with van der Waals surface area (Å²) >= 11 is 5.56. The zero-order valence-corrected chi connectivity index (χ0v) is 12.0. The number of hydrogen-bond acceptors (Lipinski definition) is 2. The molecule has 1 N–H and O–H groups in total. The van der Waals surface area contributed by atoms with Crippen LogP contribution in [-0.2, 0) is 11.3 Å². The van der Waals surface area contributed by atoms with Crippen molar-refractivity contribution in [3.05, 3.63) is 35.4 Å². The first-order valence-corrected chi connectivity index (χ1v) is 6.73. The van der Waals surface area contributed by atoms with Crippen LogP contribution < -0.4 is 5.32 Å². The van der Waals surface area contributed by atoms with Crippen LogP contribution in [0.2, 0.25) is 0 Å². The van der Waals surface area contributed by atoms with Crippen LogP contribution in [0.25, 0.3) is 0 Å². The van der Waals surface area contributed by atoms with E-state index in [1.165, 1.54) is 0 Å². The van der Waals surface area contributed by atoms with Gasteiger partial charge in [-0.1, -0.05) is 12.1 Å². The summed E-state index contributed by atoms with van der Waals surface area (Å²) in [6.07, 6.45) is 1.16. The van der Waals surface area contributed by atoms with E-state index in [4.69, 9.17) is 11.6 Å². The molecule has 0 saturated carbocycles. The predicted molar refractivity (Wildman–Crippen MR) is 76.3 cm³/mol. The number of alkyl halides is 1. The van der Waals surface area contributed by atoms with E-state index in [2.05, 4.69) is 5.32 Å². The van der Waals surface area contributed by atoms with Crippen molar-refractivity contribution in [3.8, 4) is 0 Å². The Balaban J connectivity index is 2.57. The molecule has 0 atom stereocenters. The molecule has 1 rings (SSSR count). The normalized spacial score (nSPS) is 10.1. The Morgan fingerprint density at radius 3 is 2.42 bits per heavy atom. The molecule has 0 saturated heterocycles. The summed E-state index contributed by atoms with van der Waals surface area (Å²) in [4.78, 5) is 24.8. The highest BCUT2D eigenvalue weighted by Gasteiger charge is 2.09. The molecular weight excluding hydrogens is 264 g/mol. The number of benzene rings is 1. The highest BCUT2D eigenvalue weighted by atomic mass is 35.5. The van der Waals surface area contributed by atoms with Gasteiger partial charge in [0.2, 0.25) is 5.91 Å². The molecule has 0 aliphatic carbocycles. The van der Waals surface area contributed by atoms with E-state index in [1.54, 1.807) is 31.1 Å². The highest BCUT2D eigenvalue weighted by molar-refractivity contribution is 6.17. The first-order valence-electron chi connectivity index (χ1n) is 6.19. The molecule has 0 aliphatic rings. The van der Waals surface area contributed by atoms with Gasteiger partial charge in [0, 0.05) is 38.5 Å². The molecule has 0 unspecified atom stereocenters. The molecule has 0 heterocycles. The van der Waals surface area contributed by atoms with Crippen LogP contribution in [0.15, 0.2) is 24.3 Å².